The van der Waals surface area contributed by atoms with Gasteiger partial charge in [0, 0.05) is 40.9 Å². The third-order valence-corrected chi connectivity index (χ3v) is 6.08. The number of aromatic nitrogens is 2. The van der Waals surface area contributed by atoms with Crippen LogP contribution in [0.5, 0.6) is 5.75 Å². The van der Waals surface area contributed by atoms with Gasteiger partial charge < -0.3 is 10.1 Å². The number of benzene rings is 1. The van der Waals surface area contributed by atoms with Crippen LogP contribution in [0, 0.1) is 13.8 Å². The lowest BCUT2D eigenvalue weighted by Crippen LogP contribution is -2.53. The third-order valence-electron chi connectivity index (χ3n) is 5.19. The topological polar surface area (TPSA) is 79.4 Å². The molecule has 0 radical (unpaired) electrons. The van der Waals surface area contributed by atoms with E-state index < -0.39 is 0 Å². The first-order chi connectivity index (χ1) is 13.9. The molecule has 1 amide bonds. The highest BCUT2D eigenvalue weighted by Gasteiger charge is 2.44. The van der Waals surface area contributed by atoms with Crippen molar-refractivity contribution in [1.29, 1.82) is 0 Å². The van der Waals surface area contributed by atoms with Crippen LogP contribution in [0.25, 0.3) is 0 Å². The second-order valence-electron chi connectivity index (χ2n) is 7.41. The molecule has 1 aromatic carbocycles. The normalized spacial score (nSPS) is 23.4. The standard InChI is InChI=1S/C21H25N5O2S/c1-12-9-13(2)23-21(22-12)29-11-16-10-18(27)26-20(24-16)19(14(3)25-26)15-5-7-17(28-4)8-6-15/h5-10,14,19-20,24-25H,11H2,1-4H3. The molecule has 1 saturated heterocycles. The van der Waals surface area contributed by atoms with E-state index in [0.717, 1.165) is 33.6 Å². The van der Waals surface area contributed by atoms with Gasteiger partial charge in [-0.05, 0) is 44.5 Å². The fourth-order valence-corrected chi connectivity index (χ4v) is 4.77. The molecule has 2 aliphatic heterocycles. The van der Waals surface area contributed by atoms with Gasteiger partial charge in [0.05, 0.1) is 7.11 Å². The number of methoxy groups -OCH3 is 1. The van der Waals surface area contributed by atoms with Crippen LogP contribution in [-0.4, -0.2) is 46.0 Å². The van der Waals surface area contributed by atoms with E-state index in [2.05, 4.69) is 39.8 Å². The number of nitrogens with zero attached hydrogens (tertiary/aromatic N) is 3. The van der Waals surface area contributed by atoms with Gasteiger partial charge in [0.1, 0.15) is 11.9 Å². The molecule has 29 heavy (non-hydrogen) atoms. The van der Waals surface area contributed by atoms with E-state index >= 15 is 0 Å². The van der Waals surface area contributed by atoms with E-state index in [1.165, 1.54) is 11.8 Å². The third kappa shape index (κ3) is 4.09. The second kappa shape index (κ2) is 8.04. The van der Waals surface area contributed by atoms with Crippen LogP contribution < -0.4 is 15.5 Å². The van der Waals surface area contributed by atoms with Crippen molar-refractivity contribution >= 4 is 17.7 Å². The highest BCUT2D eigenvalue weighted by molar-refractivity contribution is 7.99. The van der Waals surface area contributed by atoms with Crippen LogP contribution >= 0.6 is 11.8 Å². The summed E-state index contributed by atoms with van der Waals surface area (Å²) in [7, 11) is 1.66. The predicted molar refractivity (Wildman–Crippen MR) is 112 cm³/mol. The van der Waals surface area contributed by atoms with Crippen molar-refractivity contribution in [1.82, 2.24) is 25.7 Å². The van der Waals surface area contributed by atoms with E-state index in [1.54, 1.807) is 18.2 Å². The summed E-state index contributed by atoms with van der Waals surface area (Å²) in [5.41, 5.74) is 7.24. The number of hydrazine groups is 1. The molecular weight excluding hydrogens is 386 g/mol. The SMILES string of the molecule is COc1ccc(C2C(C)NN3C(=O)C=C(CSc4nc(C)cc(C)n4)NC23)cc1. The Kier molecular flexibility index (Phi) is 5.47. The molecule has 0 bridgehead atoms. The number of carbonyl (C=O) groups excluding carboxylic acids is 1. The number of hydrogen-bond acceptors (Lipinski definition) is 7. The molecule has 7 nitrogen and oxygen atoms in total. The minimum Gasteiger partial charge on any atom is -0.497 e. The summed E-state index contributed by atoms with van der Waals surface area (Å²) >= 11 is 1.53. The molecular formula is C21H25N5O2S. The van der Waals surface area contributed by atoms with Gasteiger partial charge in [-0.3, -0.25) is 9.80 Å². The molecule has 0 aliphatic carbocycles. The van der Waals surface area contributed by atoms with E-state index in [4.69, 9.17) is 4.74 Å². The minimum atomic E-state index is -0.147. The largest absolute Gasteiger partial charge is 0.497 e. The zero-order chi connectivity index (χ0) is 20.5. The zero-order valence-corrected chi connectivity index (χ0v) is 17.8. The van der Waals surface area contributed by atoms with Gasteiger partial charge in [-0.15, -0.1) is 0 Å². The number of ether oxygens (including phenoxy) is 1. The summed E-state index contributed by atoms with van der Waals surface area (Å²) in [5.74, 6) is 1.52. The van der Waals surface area contributed by atoms with Gasteiger partial charge in [0.15, 0.2) is 5.16 Å². The molecule has 152 valence electrons. The Morgan fingerprint density at radius 1 is 1.17 bits per heavy atom. The second-order valence-corrected chi connectivity index (χ2v) is 8.35. The zero-order valence-electron chi connectivity index (χ0n) is 17.0. The molecule has 0 saturated carbocycles. The number of aryl methyl sites for hydroxylation is 2. The van der Waals surface area contributed by atoms with E-state index in [0.29, 0.717) is 5.75 Å². The van der Waals surface area contributed by atoms with Gasteiger partial charge in [-0.2, -0.15) is 0 Å². The highest BCUT2D eigenvalue weighted by atomic mass is 32.2. The minimum absolute atomic E-state index is 0.0337. The van der Waals surface area contributed by atoms with Crippen molar-refractivity contribution < 1.29 is 9.53 Å². The number of carbonyl (C=O) groups is 1. The van der Waals surface area contributed by atoms with E-state index in [-0.39, 0.29) is 24.0 Å². The number of amides is 1. The molecule has 4 rings (SSSR count). The van der Waals surface area contributed by atoms with Gasteiger partial charge in [-0.1, -0.05) is 23.9 Å². The molecule has 2 aliphatic rings. The maximum Gasteiger partial charge on any atom is 0.264 e. The Labute approximate surface area is 174 Å². The van der Waals surface area contributed by atoms with Crippen molar-refractivity contribution in [2.75, 3.05) is 12.9 Å². The first kappa shape index (κ1) is 19.7. The Balaban J connectivity index is 1.51. The van der Waals surface area contributed by atoms with Gasteiger partial charge in [0.2, 0.25) is 0 Å². The lowest BCUT2D eigenvalue weighted by atomic mass is 9.90. The van der Waals surface area contributed by atoms with Crippen LogP contribution in [0.2, 0.25) is 0 Å². The average molecular weight is 412 g/mol. The predicted octanol–water partition coefficient (Wildman–Crippen LogP) is 2.53. The maximum absolute atomic E-state index is 12.7. The van der Waals surface area contributed by atoms with Crippen LogP contribution in [0.15, 0.2) is 47.3 Å². The lowest BCUT2D eigenvalue weighted by molar-refractivity contribution is -0.131. The summed E-state index contributed by atoms with van der Waals surface area (Å²) in [4.78, 5) is 21.7. The molecule has 2 aromatic rings. The van der Waals surface area contributed by atoms with Crippen molar-refractivity contribution in [3.63, 3.8) is 0 Å². The van der Waals surface area contributed by atoms with Crippen LogP contribution in [0.1, 0.15) is 29.8 Å². The summed E-state index contributed by atoms with van der Waals surface area (Å²) in [5, 5.41) is 5.97. The van der Waals surface area contributed by atoms with Crippen molar-refractivity contribution in [3.05, 3.63) is 59.1 Å². The maximum atomic E-state index is 12.7. The number of rotatable bonds is 5. The monoisotopic (exact) mass is 411 g/mol. The molecule has 1 aromatic heterocycles. The first-order valence-electron chi connectivity index (χ1n) is 9.60. The summed E-state index contributed by atoms with van der Waals surface area (Å²) < 4.78 is 5.27. The van der Waals surface area contributed by atoms with Gasteiger partial charge in [-0.25, -0.2) is 15.4 Å². The Hall–Kier alpha value is -2.58. The summed E-state index contributed by atoms with van der Waals surface area (Å²) in [6, 6.07) is 10.1. The number of nitrogens with one attached hydrogen (secondary N) is 2. The van der Waals surface area contributed by atoms with Crippen LogP contribution in [-0.2, 0) is 4.79 Å². The molecule has 1 fully saturated rings. The quantitative estimate of drug-likeness (QED) is 0.578. The molecule has 3 unspecified atom stereocenters. The summed E-state index contributed by atoms with van der Waals surface area (Å²) in [6.07, 6.45) is 1.51. The Bertz CT molecular complexity index is 926. The number of fused-ring (bicyclic) bond motifs is 1. The van der Waals surface area contributed by atoms with Gasteiger partial charge >= 0.3 is 0 Å². The smallest absolute Gasteiger partial charge is 0.264 e. The van der Waals surface area contributed by atoms with Crippen molar-refractivity contribution in [2.45, 2.75) is 44.1 Å². The molecule has 8 heteroatoms. The molecule has 2 N–H and O–H groups in total. The van der Waals surface area contributed by atoms with E-state index in [9.17, 15) is 4.79 Å². The van der Waals surface area contributed by atoms with Crippen molar-refractivity contribution in [3.8, 4) is 5.75 Å². The average Bonchev–Trinajstić information content (AvgIpc) is 3.02. The lowest BCUT2D eigenvalue weighted by Gasteiger charge is -2.33. The van der Waals surface area contributed by atoms with Crippen LogP contribution in [0.3, 0.4) is 0 Å². The fraction of sp³-hybridized carbons (Fsp3) is 0.381. The van der Waals surface area contributed by atoms with Gasteiger partial charge in [0.25, 0.3) is 5.91 Å². The van der Waals surface area contributed by atoms with Crippen molar-refractivity contribution in [2.24, 2.45) is 0 Å². The van der Waals surface area contributed by atoms with E-state index in [1.807, 2.05) is 32.0 Å². The molecule has 0 spiro atoms. The first-order valence-corrected chi connectivity index (χ1v) is 10.6. The van der Waals surface area contributed by atoms with Crippen LogP contribution in [0.4, 0.5) is 0 Å². The Morgan fingerprint density at radius 3 is 2.52 bits per heavy atom. The highest BCUT2D eigenvalue weighted by Crippen LogP contribution is 2.34. The Morgan fingerprint density at radius 2 is 1.86 bits per heavy atom. The summed E-state index contributed by atoms with van der Waals surface area (Å²) in [6.45, 7) is 6.02. The number of thioether (sulfide) groups is 1. The molecule has 3 atom stereocenters. The number of hydrogen-bond donors (Lipinski definition) is 2. The molecule has 3 heterocycles. The fourth-order valence-electron chi connectivity index (χ4n) is 3.90.